The summed E-state index contributed by atoms with van der Waals surface area (Å²) in [5.74, 6) is 0.803. The molecule has 3 heteroatoms. The molecule has 1 heterocycles. The van der Waals surface area contributed by atoms with Crippen LogP contribution < -0.4 is 0 Å². The van der Waals surface area contributed by atoms with Gasteiger partial charge in [0.15, 0.2) is 5.82 Å². The lowest BCUT2D eigenvalue weighted by molar-refractivity contribution is 0.885. The molecule has 0 bridgehead atoms. The Morgan fingerprint density at radius 3 is 2.07 bits per heavy atom. The highest BCUT2D eigenvalue weighted by Gasteiger charge is 2.10. The Morgan fingerprint density at radius 1 is 0.778 bits per heavy atom. The van der Waals surface area contributed by atoms with Gasteiger partial charge in [-0.15, -0.1) is 0 Å². The molecule has 3 aromatic carbocycles. The zero-order chi connectivity index (χ0) is 18.6. The number of aromatic nitrogens is 2. The summed E-state index contributed by atoms with van der Waals surface area (Å²) in [5, 5.41) is 4.81. The third-order valence-electron chi connectivity index (χ3n) is 4.46. The van der Waals surface area contributed by atoms with Crippen LogP contribution in [-0.2, 0) is 0 Å². The quantitative estimate of drug-likeness (QED) is 0.421. The number of hydrogen-bond acceptors (Lipinski definition) is 2. The first-order valence-electron chi connectivity index (χ1n) is 9.02. The molecule has 132 valence electrons. The smallest absolute Gasteiger partial charge is 0.156 e. The number of aliphatic imine (C=N–C) groups is 1. The van der Waals surface area contributed by atoms with Crippen molar-refractivity contribution in [3.63, 3.8) is 0 Å². The van der Waals surface area contributed by atoms with Gasteiger partial charge in [0.1, 0.15) is 0 Å². The van der Waals surface area contributed by atoms with E-state index in [-0.39, 0.29) is 0 Å². The maximum Gasteiger partial charge on any atom is 0.156 e. The molecular weight excluding hydrogens is 330 g/mol. The molecule has 27 heavy (non-hydrogen) atoms. The standard InChI is InChI=1S/C24H21N3/c1-18-8-12-20(13-9-18)17-25-24-16-23(21-14-10-19(2)11-15-21)26-27(24)22-6-4-3-5-7-22/h3-17H,1-2H3. The van der Waals surface area contributed by atoms with Crippen molar-refractivity contribution in [1.82, 2.24) is 9.78 Å². The zero-order valence-corrected chi connectivity index (χ0v) is 15.5. The van der Waals surface area contributed by atoms with Crippen molar-refractivity contribution in [1.29, 1.82) is 0 Å². The van der Waals surface area contributed by atoms with E-state index in [0.29, 0.717) is 0 Å². The van der Waals surface area contributed by atoms with Gasteiger partial charge in [-0.3, -0.25) is 0 Å². The SMILES string of the molecule is Cc1ccc(C=Nc2cc(-c3ccc(C)cc3)nn2-c2ccccc2)cc1. The molecule has 4 aromatic rings. The maximum absolute atomic E-state index is 4.81. The molecule has 0 fully saturated rings. The second kappa shape index (κ2) is 7.42. The number of benzene rings is 3. The first-order chi connectivity index (χ1) is 13.2. The van der Waals surface area contributed by atoms with Gasteiger partial charge >= 0.3 is 0 Å². The molecule has 0 amide bonds. The van der Waals surface area contributed by atoms with Gasteiger partial charge in [0.05, 0.1) is 11.4 Å². The summed E-state index contributed by atoms with van der Waals surface area (Å²) in [6.07, 6.45) is 1.88. The summed E-state index contributed by atoms with van der Waals surface area (Å²) >= 11 is 0. The number of aryl methyl sites for hydroxylation is 2. The molecule has 0 aliphatic carbocycles. The molecule has 0 aliphatic rings. The fraction of sp³-hybridized carbons (Fsp3) is 0.0833. The van der Waals surface area contributed by atoms with E-state index in [1.165, 1.54) is 11.1 Å². The van der Waals surface area contributed by atoms with E-state index >= 15 is 0 Å². The Hall–Kier alpha value is -3.46. The molecule has 0 N–H and O–H groups in total. The van der Waals surface area contributed by atoms with E-state index in [9.17, 15) is 0 Å². The number of hydrogen-bond donors (Lipinski definition) is 0. The first-order valence-corrected chi connectivity index (χ1v) is 9.02. The maximum atomic E-state index is 4.81. The van der Waals surface area contributed by atoms with Crippen LogP contribution in [0.15, 0.2) is 89.9 Å². The minimum atomic E-state index is 0.803. The van der Waals surface area contributed by atoms with Gasteiger partial charge in [-0.1, -0.05) is 77.9 Å². The summed E-state index contributed by atoms with van der Waals surface area (Å²) in [6.45, 7) is 4.17. The molecular formula is C24H21N3. The van der Waals surface area contributed by atoms with Crippen LogP contribution in [0.1, 0.15) is 16.7 Å². The summed E-state index contributed by atoms with van der Waals surface area (Å²) < 4.78 is 1.89. The van der Waals surface area contributed by atoms with Crippen molar-refractivity contribution < 1.29 is 0 Å². The zero-order valence-electron chi connectivity index (χ0n) is 15.5. The second-order valence-corrected chi connectivity index (χ2v) is 6.67. The average molecular weight is 351 g/mol. The molecule has 4 rings (SSSR count). The molecule has 0 aliphatic heterocycles. The van der Waals surface area contributed by atoms with E-state index in [2.05, 4.69) is 62.4 Å². The van der Waals surface area contributed by atoms with Crippen LogP contribution in [-0.4, -0.2) is 16.0 Å². The normalized spacial score (nSPS) is 11.2. The Bertz CT molecular complexity index is 1060. The topological polar surface area (TPSA) is 30.2 Å². The molecule has 3 nitrogen and oxygen atoms in total. The highest BCUT2D eigenvalue weighted by atomic mass is 15.3. The third-order valence-corrected chi connectivity index (χ3v) is 4.46. The Labute approximate surface area is 159 Å². The Kier molecular flexibility index (Phi) is 4.67. The number of para-hydroxylation sites is 1. The minimum absolute atomic E-state index is 0.803. The van der Waals surface area contributed by atoms with Gasteiger partial charge in [-0.05, 0) is 31.5 Å². The lowest BCUT2D eigenvalue weighted by atomic mass is 10.1. The predicted molar refractivity (Wildman–Crippen MR) is 112 cm³/mol. The summed E-state index contributed by atoms with van der Waals surface area (Å²) in [4.78, 5) is 4.72. The number of nitrogens with zero attached hydrogens (tertiary/aromatic N) is 3. The van der Waals surface area contributed by atoms with Gasteiger partial charge < -0.3 is 0 Å². The van der Waals surface area contributed by atoms with Gasteiger partial charge in [0, 0.05) is 17.8 Å². The highest BCUT2D eigenvalue weighted by Crippen LogP contribution is 2.27. The van der Waals surface area contributed by atoms with Crippen molar-refractivity contribution in [2.45, 2.75) is 13.8 Å². The fourth-order valence-corrected chi connectivity index (χ4v) is 2.88. The average Bonchev–Trinajstić information content (AvgIpc) is 3.13. The second-order valence-electron chi connectivity index (χ2n) is 6.67. The fourth-order valence-electron chi connectivity index (χ4n) is 2.88. The van der Waals surface area contributed by atoms with Gasteiger partial charge in [0.2, 0.25) is 0 Å². The molecule has 0 spiro atoms. The molecule has 0 radical (unpaired) electrons. The highest BCUT2D eigenvalue weighted by molar-refractivity contribution is 5.82. The van der Waals surface area contributed by atoms with Crippen molar-refractivity contribution in [3.8, 4) is 16.9 Å². The van der Waals surface area contributed by atoms with Crippen molar-refractivity contribution in [2.24, 2.45) is 4.99 Å². The van der Waals surface area contributed by atoms with Crippen molar-refractivity contribution in [3.05, 3.63) is 102 Å². The first kappa shape index (κ1) is 17.0. The van der Waals surface area contributed by atoms with E-state index in [0.717, 1.165) is 28.3 Å². The van der Waals surface area contributed by atoms with E-state index in [1.807, 2.05) is 47.3 Å². The van der Waals surface area contributed by atoms with Crippen LogP contribution in [0, 0.1) is 13.8 Å². The summed E-state index contributed by atoms with van der Waals surface area (Å²) in [6, 6.07) is 28.9. The van der Waals surface area contributed by atoms with Crippen LogP contribution in [0.2, 0.25) is 0 Å². The molecule has 0 atom stereocenters. The van der Waals surface area contributed by atoms with Crippen molar-refractivity contribution in [2.75, 3.05) is 0 Å². The van der Waals surface area contributed by atoms with Gasteiger partial charge in [0.25, 0.3) is 0 Å². The van der Waals surface area contributed by atoms with Gasteiger partial charge in [-0.2, -0.15) is 5.10 Å². The van der Waals surface area contributed by atoms with Crippen molar-refractivity contribution >= 4 is 12.0 Å². The van der Waals surface area contributed by atoms with Crippen LogP contribution in [0.3, 0.4) is 0 Å². The minimum Gasteiger partial charge on any atom is -0.236 e. The third kappa shape index (κ3) is 3.87. The predicted octanol–water partition coefficient (Wildman–Crippen LogP) is 5.91. The molecule has 1 aromatic heterocycles. The molecule has 0 unspecified atom stereocenters. The lowest BCUT2D eigenvalue weighted by Crippen LogP contribution is -1.96. The van der Waals surface area contributed by atoms with E-state index in [1.54, 1.807) is 0 Å². The van der Waals surface area contributed by atoms with Gasteiger partial charge in [-0.25, -0.2) is 9.67 Å². The number of rotatable bonds is 4. The Balaban J connectivity index is 1.76. The largest absolute Gasteiger partial charge is 0.236 e. The van der Waals surface area contributed by atoms with Crippen LogP contribution >= 0.6 is 0 Å². The van der Waals surface area contributed by atoms with Crippen LogP contribution in [0.4, 0.5) is 5.82 Å². The van der Waals surface area contributed by atoms with Crippen LogP contribution in [0.25, 0.3) is 16.9 Å². The molecule has 0 saturated carbocycles. The van der Waals surface area contributed by atoms with E-state index in [4.69, 9.17) is 10.1 Å². The van der Waals surface area contributed by atoms with E-state index < -0.39 is 0 Å². The summed E-state index contributed by atoms with van der Waals surface area (Å²) in [5.41, 5.74) is 6.53. The Morgan fingerprint density at radius 2 is 1.41 bits per heavy atom. The summed E-state index contributed by atoms with van der Waals surface area (Å²) in [7, 11) is 0. The lowest BCUT2D eigenvalue weighted by Gasteiger charge is -2.03. The van der Waals surface area contributed by atoms with Crippen LogP contribution in [0.5, 0.6) is 0 Å². The molecule has 0 saturated heterocycles. The monoisotopic (exact) mass is 351 g/mol.